The van der Waals surface area contributed by atoms with Crippen LogP contribution in [0.5, 0.6) is 0 Å². The maximum absolute atomic E-state index is 11.8. The SMILES string of the molecule is CCOC(=O)c1nc(CNC(=O)[C@@H](N)C(C)(C)C)no1. The molecule has 8 heteroatoms. The lowest BCUT2D eigenvalue weighted by molar-refractivity contribution is -0.124. The number of ether oxygens (including phenoxy) is 1. The number of hydrogen-bond donors (Lipinski definition) is 2. The van der Waals surface area contributed by atoms with Crippen LogP contribution in [-0.4, -0.2) is 34.7 Å². The number of carbonyl (C=O) groups excluding carboxylic acids is 2. The van der Waals surface area contributed by atoms with Gasteiger partial charge in [0.1, 0.15) is 0 Å². The molecule has 1 aromatic heterocycles. The predicted octanol–water partition coefficient (Wildman–Crippen LogP) is 0.236. The lowest BCUT2D eigenvalue weighted by atomic mass is 9.87. The maximum atomic E-state index is 11.8. The summed E-state index contributed by atoms with van der Waals surface area (Å²) in [5.74, 6) is -1.07. The van der Waals surface area contributed by atoms with Crippen LogP contribution in [0.15, 0.2) is 4.52 Å². The molecule has 0 aliphatic heterocycles. The van der Waals surface area contributed by atoms with Gasteiger partial charge < -0.3 is 20.3 Å². The Kier molecular flexibility index (Phi) is 5.20. The van der Waals surface area contributed by atoms with Gasteiger partial charge in [-0.2, -0.15) is 4.98 Å². The van der Waals surface area contributed by atoms with Gasteiger partial charge in [0.15, 0.2) is 5.82 Å². The molecule has 0 fully saturated rings. The summed E-state index contributed by atoms with van der Waals surface area (Å²) >= 11 is 0. The summed E-state index contributed by atoms with van der Waals surface area (Å²) < 4.78 is 9.43. The summed E-state index contributed by atoms with van der Waals surface area (Å²) in [5, 5.41) is 6.16. The van der Waals surface area contributed by atoms with Crippen molar-refractivity contribution in [2.45, 2.75) is 40.3 Å². The number of nitrogens with zero attached hydrogens (tertiary/aromatic N) is 2. The first-order valence-electron chi connectivity index (χ1n) is 6.28. The maximum Gasteiger partial charge on any atom is 0.397 e. The minimum atomic E-state index is -0.691. The van der Waals surface area contributed by atoms with Crippen LogP contribution in [0.4, 0.5) is 0 Å². The van der Waals surface area contributed by atoms with Crippen molar-refractivity contribution in [1.29, 1.82) is 0 Å². The smallest absolute Gasteiger partial charge is 0.397 e. The fourth-order valence-corrected chi connectivity index (χ4v) is 1.27. The summed E-state index contributed by atoms with van der Waals surface area (Å²) in [6.07, 6.45) is 0. The monoisotopic (exact) mass is 284 g/mol. The number of aromatic nitrogens is 2. The number of hydrogen-bond acceptors (Lipinski definition) is 7. The largest absolute Gasteiger partial charge is 0.459 e. The van der Waals surface area contributed by atoms with Crippen molar-refractivity contribution in [2.75, 3.05) is 6.61 Å². The highest BCUT2D eigenvalue weighted by Gasteiger charge is 2.27. The van der Waals surface area contributed by atoms with E-state index in [1.807, 2.05) is 20.8 Å². The van der Waals surface area contributed by atoms with Crippen molar-refractivity contribution in [2.24, 2.45) is 11.1 Å². The molecule has 1 aromatic rings. The molecule has 0 aliphatic carbocycles. The van der Waals surface area contributed by atoms with Crippen molar-refractivity contribution in [3.63, 3.8) is 0 Å². The van der Waals surface area contributed by atoms with Gasteiger partial charge in [-0.1, -0.05) is 25.9 Å². The van der Waals surface area contributed by atoms with E-state index in [9.17, 15) is 9.59 Å². The number of nitrogens with two attached hydrogens (primary N) is 1. The molecule has 112 valence electrons. The Morgan fingerprint density at radius 3 is 2.65 bits per heavy atom. The van der Waals surface area contributed by atoms with E-state index in [2.05, 4.69) is 15.5 Å². The molecule has 8 nitrogen and oxygen atoms in total. The topological polar surface area (TPSA) is 120 Å². The quantitative estimate of drug-likeness (QED) is 0.743. The zero-order chi connectivity index (χ0) is 15.3. The van der Waals surface area contributed by atoms with E-state index in [1.54, 1.807) is 6.92 Å². The summed E-state index contributed by atoms with van der Waals surface area (Å²) in [7, 11) is 0. The lowest BCUT2D eigenvalue weighted by Gasteiger charge is -2.25. The normalized spacial score (nSPS) is 12.8. The fourth-order valence-electron chi connectivity index (χ4n) is 1.27. The highest BCUT2D eigenvalue weighted by Crippen LogP contribution is 2.17. The van der Waals surface area contributed by atoms with Gasteiger partial charge in [-0.3, -0.25) is 4.79 Å². The summed E-state index contributed by atoms with van der Waals surface area (Å²) in [6, 6.07) is -0.654. The van der Waals surface area contributed by atoms with E-state index in [0.29, 0.717) is 0 Å². The lowest BCUT2D eigenvalue weighted by Crippen LogP contribution is -2.48. The molecule has 1 rings (SSSR count). The van der Waals surface area contributed by atoms with Crippen LogP contribution in [0, 0.1) is 5.41 Å². The van der Waals surface area contributed by atoms with Crippen molar-refractivity contribution in [3.8, 4) is 0 Å². The molecule has 0 saturated heterocycles. The highest BCUT2D eigenvalue weighted by atomic mass is 16.6. The molecule has 0 radical (unpaired) electrons. The minimum absolute atomic E-state index is 0.0333. The van der Waals surface area contributed by atoms with Crippen molar-refractivity contribution in [1.82, 2.24) is 15.5 Å². The second kappa shape index (κ2) is 6.47. The van der Waals surface area contributed by atoms with E-state index in [4.69, 9.17) is 15.0 Å². The van der Waals surface area contributed by atoms with E-state index >= 15 is 0 Å². The second-order valence-electron chi connectivity index (χ2n) is 5.30. The Morgan fingerprint density at radius 1 is 1.45 bits per heavy atom. The molecule has 1 atom stereocenters. The van der Waals surface area contributed by atoms with Gasteiger partial charge in [-0.05, 0) is 12.3 Å². The third-order valence-corrected chi connectivity index (χ3v) is 2.55. The molecule has 0 aliphatic rings. The number of rotatable bonds is 5. The van der Waals surface area contributed by atoms with Gasteiger partial charge in [0.2, 0.25) is 5.91 Å². The molecule has 1 amide bonds. The van der Waals surface area contributed by atoms with Gasteiger partial charge in [0.05, 0.1) is 19.2 Å². The Balaban J connectivity index is 2.55. The molecular formula is C12H20N4O4. The fraction of sp³-hybridized carbons (Fsp3) is 0.667. The Bertz CT molecular complexity index is 478. The Morgan fingerprint density at radius 2 is 2.10 bits per heavy atom. The van der Waals surface area contributed by atoms with E-state index in [0.717, 1.165) is 0 Å². The molecule has 0 bridgehead atoms. The number of esters is 1. The number of nitrogens with one attached hydrogen (secondary N) is 1. The first-order valence-corrected chi connectivity index (χ1v) is 6.28. The number of carbonyl (C=O) groups is 2. The molecule has 0 aromatic carbocycles. The molecular weight excluding hydrogens is 264 g/mol. The van der Waals surface area contributed by atoms with Crippen molar-refractivity contribution < 1.29 is 18.8 Å². The van der Waals surface area contributed by atoms with Crippen molar-refractivity contribution >= 4 is 11.9 Å². The van der Waals surface area contributed by atoms with Crippen LogP contribution in [0.2, 0.25) is 0 Å². The standard InChI is InChI=1S/C12H20N4O4/c1-5-19-11(18)10-15-7(16-20-10)6-14-9(17)8(13)12(2,3)4/h8H,5-6,13H2,1-4H3,(H,14,17)/t8-/m1/s1. The van der Waals surface area contributed by atoms with Gasteiger partial charge in [-0.25, -0.2) is 4.79 Å². The van der Waals surface area contributed by atoms with Crippen LogP contribution in [0.25, 0.3) is 0 Å². The van der Waals surface area contributed by atoms with Crippen LogP contribution < -0.4 is 11.1 Å². The molecule has 0 saturated carbocycles. The third-order valence-electron chi connectivity index (χ3n) is 2.55. The number of amides is 1. The second-order valence-corrected chi connectivity index (χ2v) is 5.30. The van der Waals surface area contributed by atoms with Gasteiger partial charge in [0, 0.05) is 0 Å². The predicted molar refractivity (Wildman–Crippen MR) is 69.5 cm³/mol. The van der Waals surface area contributed by atoms with Gasteiger partial charge >= 0.3 is 11.9 Å². The minimum Gasteiger partial charge on any atom is -0.459 e. The summed E-state index contributed by atoms with van der Waals surface area (Å²) in [4.78, 5) is 26.9. The van der Waals surface area contributed by atoms with Crippen LogP contribution in [0.1, 0.15) is 44.2 Å². The van der Waals surface area contributed by atoms with Crippen molar-refractivity contribution in [3.05, 3.63) is 11.7 Å². The van der Waals surface area contributed by atoms with Crippen LogP contribution in [0.3, 0.4) is 0 Å². The third kappa shape index (κ3) is 4.30. The highest BCUT2D eigenvalue weighted by molar-refractivity contribution is 5.84. The molecule has 0 spiro atoms. The van der Waals surface area contributed by atoms with E-state index in [1.165, 1.54) is 0 Å². The van der Waals surface area contributed by atoms with Crippen LogP contribution >= 0.6 is 0 Å². The molecule has 20 heavy (non-hydrogen) atoms. The molecule has 0 unspecified atom stereocenters. The molecule has 3 N–H and O–H groups in total. The average molecular weight is 284 g/mol. The van der Waals surface area contributed by atoms with Gasteiger partial charge in [0.25, 0.3) is 0 Å². The first-order chi connectivity index (χ1) is 9.25. The van der Waals surface area contributed by atoms with E-state index in [-0.39, 0.29) is 36.2 Å². The Labute approximate surface area is 117 Å². The van der Waals surface area contributed by atoms with E-state index < -0.39 is 12.0 Å². The Hall–Kier alpha value is -1.96. The first kappa shape index (κ1) is 16.1. The molecule has 1 heterocycles. The zero-order valence-electron chi connectivity index (χ0n) is 12.1. The summed E-state index contributed by atoms with van der Waals surface area (Å²) in [6.45, 7) is 7.52. The van der Waals surface area contributed by atoms with Gasteiger partial charge in [-0.15, -0.1) is 0 Å². The average Bonchev–Trinajstić information content (AvgIpc) is 2.83. The summed E-state index contributed by atoms with van der Waals surface area (Å²) in [5.41, 5.74) is 5.45. The van der Waals surface area contributed by atoms with Crippen LogP contribution in [-0.2, 0) is 16.1 Å². The zero-order valence-corrected chi connectivity index (χ0v) is 12.1.